The van der Waals surface area contributed by atoms with Crippen LogP contribution in [0.3, 0.4) is 0 Å². The van der Waals surface area contributed by atoms with Gasteiger partial charge in [-0.25, -0.2) is 0 Å². The molecule has 0 bridgehead atoms. The van der Waals surface area contributed by atoms with E-state index in [0.29, 0.717) is 13.0 Å². The van der Waals surface area contributed by atoms with Crippen LogP contribution in [0.5, 0.6) is 0 Å². The molecule has 1 amide bonds. The Labute approximate surface area is 101 Å². The van der Waals surface area contributed by atoms with Gasteiger partial charge in [0.25, 0.3) is 0 Å². The smallest absolute Gasteiger partial charge is 0.225 e. The Hall–Kier alpha value is -1.30. The zero-order chi connectivity index (χ0) is 12.9. The Bertz CT molecular complexity index is 295. The Balaban J connectivity index is 2.54. The van der Waals surface area contributed by atoms with Crippen molar-refractivity contribution >= 4 is 11.7 Å². The summed E-state index contributed by atoms with van der Waals surface area (Å²) in [6, 6.07) is 0. The number of nitrogens with zero attached hydrogens (tertiary/aromatic N) is 2. The van der Waals surface area contributed by atoms with Gasteiger partial charge in [-0.05, 0) is 26.2 Å². The van der Waals surface area contributed by atoms with E-state index in [1.807, 2.05) is 6.92 Å². The van der Waals surface area contributed by atoms with Gasteiger partial charge in [-0.15, -0.1) is 0 Å². The standard InChI is InChI=1S/C11H21N3O3/c1-3-14(8-9(12)13-16)10(15)7-11(17-2)5-4-6-11/h16H,3-8H2,1-2H3,(H2,12,13). The van der Waals surface area contributed by atoms with Crippen molar-refractivity contribution < 1.29 is 14.7 Å². The van der Waals surface area contributed by atoms with Gasteiger partial charge in [-0.2, -0.15) is 0 Å². The molecule has 0 radical (unpaired) electrons. The lowest BCUT2D eigenvalue weighted by Gasteiger charge is -2.41. The van der Waals surface area contributed by atoms with Crippen LogP contribution < -0.4 is 5.73 Å². The molecule has 1 saturated carbocycles. The third-order valence-electron chi connectivity index (χ3n) is 3.39. The molecule has 0 saturated heterocycles. The van der Waals surface area contributed by atoms with Gasteiger partial charge in [-0.1, -0.05) is 5.16 Å². The average molecular weight is 243 g/mol. The topological polar surface area (TPSA) is 88.1 Å². The molecule has 98 valence electrons. The minimum absolute atomic E-state index is 0.0133. The van der Waals surface area contributed by atoms with Crippen molar-refractivity contribution in [2.24, 2.45) is 10.9 Å². The number of carbonyl (C=O) groups excluding carboxylic acids is 1. The van der Waals surface area contributed by atoms with Crippen LogP contribution in [0.1, 0.15) is 32.6 Å². The molecule has 0 spiro atoms. The highest BCUT2D eigenvalue weighted by Crippen LogP contribution is 2.38. The predicted molar refractivity (Wildman–Crippen MR) is 63.9 cm³/mol. The predicted octanol–water partition coefficient (Wildman–Crippen LogP) is 0.540. The van der Waals surface area contributed by atoms with Crippen molar-refractivity contribution in [3.05, 3.63) is 0 Å². The summed E-state index contributed by atoms with van der Waals surface area (Å²) in [4.78, 5) is 13.6. The Morgan fingerprint density at radius 3 is 2.59 bits per heavy atom. The van der Waals surface area contributed by atoms with Crippen LogP contribution >= 0.6 is 0 Å². The summed E-state index contributed by atoms with van der Waals surface area (Å²) < 4.78 is 5.41. The first-order valence-corrected chi connectivity index (χ1v) is 5.86. The van der Waals surface area contributed by atoms with E-state index >= 15 is 0 Å². The summed E-state index contributed by atoms with van der Waals surface area (Å²) >= 11 is 0. The Morgan fingerprint density at radius 1 is 1.59 bits per heavy atom. The molecule has 3 N–H and O–H groups in total. The molecule has 0 aromatic carbocycles. The molecule has 0 aromatic rings. The van der Waals surface area contributed by atoms with Crippen LogP contribution in [0.2, 0.25) is 0 Å². The van der Waals surface area contributed by atoms with Gasteiger partial charge >= 0.3 is 0 Å². The van der Waals surface area contributed by atoms with Gasteiger partial charge in [0.15, 0.2) is 5.84 Å². The van der Waals surface area contributed by atoms with Crippen molar-refractivity contribution in [3.63, 3.8) is 0 Å². The van der Waals surface area contributed by atoms with E-state index in [0.717, 1.165) is 19.3 Å². The zero-order valence-corrected chi connectivity index (χ0v) is 10.5. The number of ether oxygens (including phenoxy) is 1. The normalized spacial score (nSPS) is 18.6. The van der Waals surface area contributed by atoms with Gasteiger partial charge in [0.1, 0.15) is 0 Å². The summed E-state index contributed by atoms with van der Waals surface area (Å²) in [6.07, 6.45) is 3.33. The minimum atomic E-state index is -0.282. The molecule has 0 aliphatic heterocycles. The van der Waals surface area contributed by atoms with E-state index in [-0.39, 0.29) is 23.9 Å². The lowest BCUT2D eigenvalue weighted by Crippen LogP contribution is -2.46. The molecule has 1 aliphatic carbocycles. The lowest BCUT2D eigenvalue weighted by atomic mass is 9.77. The molecule has 1 aliphatic rings. The lowest BCUT2D eigenvalue weighted by molar-refractivity contribution is -0.143. The first-order chi connectivity index (χ1) is 8.06. The third kappa shape index (κ3) is 3.33. The maximum atomic E-state index is 12.0. The molecule has 0 heterocycles. The van der Waals surface area contributed by atoms with Crippen LogP contribution in [-0.2, 0) is 9.53 Å². The summed E-state index contributed by atoms with van der Waals surface area (Å²) in [5.74, 6) is 0.0286. The SMILES string of the molecule is CCN(CC(N)=NO)C(=O)CC1(OC)CCC1. The molecule has 1 rings (SSSR count). The number of rotatable bonds is 6. The summed E-state index contributed by atoms with van der Waals surface area (Å²) in [7, 11) is 1.65. The second-order valence-electron chi connectivity index (χ2n) is 4.42. The van der Waals surface area contributed by atoms with Crippen molar-refractivity contribution in [2.75, 3.05) is 20.2 Å². The van der Waals surface area contributed by atoms with Crippen molar-refractivity contribution in [1.82, 2.24) is 4.90 Å². The fourth-order valence-electron chi connectivity index (χ4n) is 2.02. The second kappa shape index (κ2) is 5.86. The second-order valence-corrected chi connectivity index (χ2v) is 4.42. The summed E-state index contributed by atoms with van der Waals surface area (Å²) in [5, 5.41) is 11.4. The molecule has 6 nitrogen and oxygen atoms in total. The first-order valence-electron chi connectivity index (χ1n) is 5.86. The fraction of sp³-hybridized carbons (Fsp3) is 0.818. The van der Waals surface area contributed by atoms with Crippen molar-refractivity contribution in [1.29, 1.82) is 0 Å². The van der Waals surface area contributed by atoms with Crippen LogP contribution in [0, 0.1) is 0 Å². The van der Waals surface area contributed by atoms with Crippen molar-refractivity contribution in [2.45, 2.75) is 38.2 Å². The molecule has 0 aromatic heterocycles. The maximum Gasteiger partial charge on any atom is 0.225 e. The zero-order valence-electron chi connectivity index (χ0n) is 10.5. The number of oxime groups is 1. The highest BCUT2D eigenvalue weighted by atomic mass is 16.5. The van der Waals surface area contributed by atoms with E-state index in [2.05, 4.69) is 5.16 Å². The minimum Gasteiger partial charge on any atom is -0.409 e. The van der Waals surface area contributed by atoms with Crippen molar-refractivity contribution in [3.8, 4) is 0 Å². The number of methoxy groups -OCH3 is 1. The molecule has 17 heavy (non-hydrogen) atoms. The van der Waals surface area contributed by atoms with Crippen LogP contribution in [0.25, 0.3) is 0 Å². The quantitative estimate of drug-likeness (QED) is 0.308. The number of hydrogen-bond acceptors (Lipinski definition) is 4. The van der Waals surface area contributed by atoms with Gasteiger partial charge in [-0.3, -0.25) is 4.79 Å². The van der Waals surface area contributed by atoms with Gasteiger partial charge in [0, 0.05) is 13.7 Å². The van der Waals surface area contributed by atoms with Gasteiger partial charge in [0.2, 0.25) is 5.91 Å². The fourth-order valence-corrected chi connectivity index (χ4v) is 2.02. The number of likely N-dealkylation sites (N-methyl/N-ethyl adjacent to an activating group) is 1. The van der Waals surface area contributed by atoms with Crippen LogP contribution in [0.4, 0.5) is 0 Å². The number of amides is 1. The first kappa shape index (κ1) is 13.8. The number of nitrogens with two attached hydrogens (primary N) is 1. The summed E-state index contributed by atoms with van der Waals surface area (Å²) in [6.45, 7) is 2.56. The largest absolute Gasteiger partial charge is 0.409 e. The van der Waals surface area contributed by atoms with E-state index in [1.54, 1.807) is 12.0 Å². The van der Waals surface area contributed by atoms with Crippen LogP contribution in [-0.4, -0.2) is 47.7 Å². The van der Waals surface area contributed by atoms with E-state index < -0.39 is 0 Å². The third-order valence-corrected chi connectivity index (χ3v) is 3.39. The van der Waals surface area contributed by atoms with E-state index in [9.17, 15) is 4.79 Å². The van der Waals surface area contributed by atoms with E-state index in [4.69, 9.17) is 15.7 Å². The van der Waals surface area contributed by atoms with Gasteiger partial charge in [0.05, 0.1) is 18.6 Å². The molecular weight excluding hydrogens is 222 g/mol. The molecule has 6 heteroatoms. The molecular formula is C11H21N3O3. The molecule has 0 atom stereocenters. The number of carbonyl (C=O) groups is 1. The van der Waals surface area contributed by atoms with Crippen LogP contribution in [0.15, 0.2) is 5.16 Å². The number of amidine groups is 1. The Morgan fingerprint density at radius 2 is 2.24 bits per heavy atom. The number of hydrogen-bond donors (Lipinski definition) is 2. The Kier molecular flexibility index (Phi) is 4.74. The maximum absolute atomic E-state index is 12.0. The summed E-state index contributed by atoms with van der Waals surface area (Å²) in [5.41, 5.74) is 5.12. The monoisotopic (exact) mass is 243 g/mol. The van der Waals surface area contributed by atoms with Gasteiger partial charge < -0.3 is 20.6 Å². The molecule has 0 unspecified atom stereocenters. The average Bonchev–Trinajstić information content (AvgIpc) is 2.29. The highest BCUT2D eigenvalue weighted by molar-refractivity contribution is 5.87. The van der Waals surface area contributed by atoms with E-state index in [1.165, 1.54) is 0 Å². The molecule has 1 fully saturated rings. The highest BCUT2D eigenvalue weighted by Gasteiger charge is 2.39.